The van der Waals surface area contributed by atoms with Gasteiger partial charge in [-0.3, -0.25) is 4.79 Å². The van der Waals surface area contributed by atoms with E-state index >= 15 is 0 Å². The summed E-state index contributed by atoms with van der Waals surface area (Å²) in [6.45, 7) is 1.55. The van der Waals surface area contributed by atoms with E-state index in [-0.39, 0.29) is 23.5 Å². The fourth-order valence-corrected chi connectivity index (χ4v) is 2.47. The molecule has 10 heteroatoms. The Hall–Kier alpha value is -2.81. The Morgan fingerprint density at radius 1 is 1.08 bits per heavy atom. The van der Waals surface area contributed by atoms with Gasteiger partial charge in [0.1, 0.15) is 0 Å². The van der Waals surface area contributed by atoms with E-state index < -0.39 is 0 Å². The van der Waals surface area contributed by atoms with Crippen LogP contribution in [0.1, 0.15) is 10.5 Å². The van der Waals surface area contributed by atoms with Gasteiger partial charge in [0, 0.05) is 36.9 Å². The summed E-state index contributed by atoms with van der Waals surface area (Å²) in [5.74, 6) is -0.394. The molecule has 1 fully saturated rings. The van der Waals surface area contributed by atoms with Crippen LogP contribution in [0, 0.1) is 0 Å². The first-order chi connectivity index (χ1) is 11.5. The van der Waals surface area contributed by atoms with E-state index in [2.05, 4.69) is 20.3 Å². The molecule has 1 aliphatic heterocycles. The number of nitrogens with two attached hydrogens (primary N) is 1. The molecule has 3 amide bonds. The van der Waals surface area contributed by atoms with Crippen LogP contribution in [0.25, 0.3) is 0 Å². The summed E-state index contributed by atoms with van der Waals surface area (Å²) in [6.07, 6.45) is 0. The van der Waals surface area contributed by atoms with Crippen molar-refractivity contribution in [2.45, 2.75) is 0 Å². The fraction of sp³-hybridized carbons (Fsp3) is 0.286. The number of hydrogen-bond acceptors (Lipinski definition) is 6. The zero-order valence-electron chi connectivity index (χ0n) is 12.6. The summed E-state index contributed by atoms with van der Waals surface area (Å²) >= 11 is 5.81. The highest BCUT2D eigenvalue weighted by molar-refractivity contribution is 6.30. The lowest BCUT2D eigenvalue weighted by atomic mass is 10.3. The molecule has 0 saturated carbocycles. The monoisotopic (exact) mass is 350 g/mol. The largest absolute Gasteiger partial charge is 0.379 e. The van der Waals surface area contributed by atoms with Gasteiger partial charge in [0.2, 0.25) is 11.5 Å². The molecule has 1 saturated heterocycles. The van der Waals surface area contributed by atoms with E-state index in [1.165, 1.54) is 0 Å². The molecule has 2 heterocycles. The van der Waals surface area contributed by atoms with E-state index in [1.54, 1.807) is 34.1 Å². The molecule has 0 unspecified atom stereocenters. The van der Waals surface area contributed by atoms with Gasteiger partial charge >= 0.3 is 6.03 Å². The second-order valence-electron chi connectivity index (χ2n) is 5.21. The molecule has 0 aliphatic carbocycles. The van der Waals surface area contributed by atoms with E-state index in [4.69, 9.17) is 17.3 Å². The molecule has 0 atom stereocenters. The average Bonchev–Trinajstić information content (AvgIpc) is 3.02. The lowest BCUT2D eigenvalue weighted by Crippen LogP contribution is -2.51. The van der Waals surface area contributed by atoms with Gasteiger partial charge in [-0.15, -0.1) is 0 Å². The Labute approximate surface area is 142 Å². The number of carbonyl (C=O) groups excluding carboxylic acids is 2. The number of hydrogen-bond donors (Lipinski definition) is 2. The summed E-state index contributed by atoms with van der Waals surface area (Å²) in [4.78, 5) is 27.7. The van der Waals surface area contributed by atoms with E-state index in [1.807, 2.05) is 0 Å². The minimum atomic E-state index is -0.355. The first-order valence-corrected chi connectivity index (χ1v) is 7.61. The van der Waals surface area contributed by atoms with Crippen LogP contribution in [0.2, 0.25) is 5.02 Å². The SMILES string of the molecule is Nc1nonc1C(=O)N1CCN(C(=O)Nc2ccc(Cl)cc2)CC1. The number of piperazine rings is 1. The molecule has 0 spiro atoms. The molecule has 9 nitrogen and oxygen atoms in total. The maximum Gasteiger partial charge on any atom is 0.321 e. The lowest BCUT2D eigenvalue weighted by Gasteiger charge is -2.34. The van der Waals surface area contributed by atoms with Crippen LogP contribution >= 0.6 is 11.6 Å². The number of nitrogens with one attached hydrogen (secondary N) is 1. The number of anilines is 2. The van der Waals surface area contributed by atoms with E-state index in [0.717, 1.165) is 0 Å². The van der Waals surface area contributed by atoms with Crippen LogP contribution in [-0.4, -0.2) is 58.2 Å². The normalized spacial score (nSPS) is 14.5. The number of rotatable bonds is 2. The van der Waals surface area contributed by atoms with Crippen molar-refractivity contribution in [3.63, 3.8) is 0 Å². The van der Waals surface area contributed by atoms with Crippen molar-refractivity contribution in [1.82, 2.24) is 20.1 Å². The summed E-state index contributed by atoms with van der Waals surface area (Å²) in [5, 5.41) is 10.3. The zero-order valence-corrected chi connectivity index (χ0v) is 13.4. The number of carbonyl (C=O) groups is 2. The molecule has 1 aromatic carbocycles. The quantitative estimate of drug-likeness (QED) is 0.842. The summed E-state index contributed by atoms with van der Waals surface area (Å²) < 4.78 is 4.43. The summed E-state index contributed by atoms with van der Waals surface area (Å²) in [6, 6.07) is 6.61. The molecule has 2 aromatic rings. The van der Waals surface area contributed by atoms with Gasteiger partial charge < -0.3 is 20.9 Å². The number of urea groups is 1. The first kappa shape index (κ1) is 16.1. The van der Waals surface area contributed by atoms with Crippen LogP contribution < -0.4 is 11.1 Å². The predicted octanol–water partition coefficient (Wildman–Crippen LogP) is 1.30. The number of nitrogen functional groups attached to an aromatic ring is 1. The highest BCUT2D eigenvalue weighted by Gasteiger charge is 2.28. The minimum Gasteiger partial charge on any atom is -0.379 e. The number of amides is 3. The molecule has 3 N–H and O–H groups in total. The second kappa shape index (κ2) is 6.75. The topological polar surface area (TPSA) is 118 Å². The first-order valence-electron chi connectivity index (χ1n) is 7.23. The second-order valence-corrected chi connectivity index (χ2v) is 5.65. The van der Waals surface area contributed by atoms with Gasteiger partial charge in [0.25, 0.3) is 5.91 Å². The molecule has 1 aromatic heterocycles. The Balaban J connectivity index is 1.55. The van der Waals surface area contributed by atoms with Crippen LogP contribution in [0.15, 0.2) is 28.9 Å². The Morgan fingerprint density at radius 3 is 2.29 bits per heavy atom. The van der Waals surface area contributed by atoms with Gasteiger partial charge in [0.05, 0.1) is 0 Å². The summed E-state index contributed by atoms with van der Waals surface area (Å²) in [7, 11) is 0. The highest BCUT2D eigenvalue weighted by Crippen LogP contribution is 2.15. The van der Waals surface area contributed by atoms with Gasteiger partial charge in [-0.2, -0.15) is 0 Å². The van der Waals surface area contributed by atoms with Crippen molar-refractivity contribution in [3.8, 4) is 0 Å². The molecule has 0 radical (unpaired) electrons. The Morgan fingerprint density at radius 2 is 1.71 bits per heavy atom. The number of aromatic nitrogens is 2. The summed E-state index contributed by atoms with van der Waals surface area (Å²) in [5.41, 5.74) is 6.17. The fourth-order valence-electron chi connectivity index (χ4n) is 2.34. The number of nitrogens with zero attached hydrogens (tertiary/aromatic N) is 4. The molecule has 126 valence electrons. The van der Waals surface area contributed by atoms with Crippen LogP contribution in [0.5, 0.6) is 0 Å². The van der Waals surface area contributed by atoms with E-state index in [9.17, 15) is 9.59 Å². The van der Waals surface area contributed by atoms with Crippen molar-refractivity contribution in [2.75, 3.05) is 37.2 Å². The third-order valence-electron chi connectivity index (χ3n) is 3.67. The zero-order chi connectivity index (χ0) is 17.1. The standard InChI is InChI=1S/C14H15ClN6O3/c15-9-1-3-10(4-2-9)17-14(23)21-7-5-20(6-8-21)13(22)11-12(16)19-24-18-11/h1-4H,5-8H2,(H2,16,19)(H,17,23). The Kier molecular flexibility index (Phi) is 4.52. The van der Waals surface area contributed by atoms with Crippen molar-refractivity contribution in [2.24, 2.45) is 0 Å². The average molecular weight is 351 g/mol. The minimum absolute atomic E-state index is 0.00549. The Bertz CT molecular complexity index is 739. The lowest BCUT2D eigenvalue weighted by molar-refractivity contribution is 0.0661. The number of benzene rings is 1. The molecule has 0 bridgehead atoms. The molecule has 24 heavy (non-hydrogen) atoms. The molecular weight excluding hydrogens is 336 g/mol. The predicted molar refractivity (Wildman–Crippen MR) is 86.7 cm³/mol. The van der Waals surface area contributed by atoms with E-state index in [0.29, 0.717) is 36.9 Å². The van der Waals surface area contributed by atoms with Crippen molar-refractivity contribution in [3.05, 3.63) is 35.0 Å². The maximum atomic E-state index is 12.2. The van der Waals surface area contributed by atoms with Crippen molar-refractivity contribution in [1.29, 1.82) is 0 Å². The van der Waals surface area contributed by atoms with Gasteiger partial charge in [-0.25, -0.2) is 9.42 Å². The number of halogens is 1. The molecule has 3 rings (SSSR count). The van der Waals surface area contributed by atoms with Crippen molar-refractivity contribution >= 4 is 35.0 Å². The maximum absolute atomic E-state index is 12.2. The molecular formula is C14H15ClN6O3. The van der Waals surface area contributed by atoms with Gasteiger partial charge in [0.15, 0.2) is 0 Å². The third-order valence-corrected chi connectivity index (χ3v) is 3.92. The smallest absolute Gasteiger partial charge is 0.321 e. The van der Waals surface area contributed by atoms with Gasteiger partial charge in [-0.1, -0.05) is 11.6 Å². The van der Waals surface area contributed by atoms with Crippen molar-refractivity contribution < 1.29 is 14.2 Å². The van der Waals surface area contributed by atoms with Crippen LogP contribution in [0.3, 0.4) is 0 Å². The van der Waals surface area contributed by atoms with Crippen LogP contribution in [-0.2, 0) is 0 Å². The van der Waals surface area contributed by atoms with Crippen LogP contribution in [0.4, 0.5) is 16.3 Å². The van der Waals surface area contributed by atoms with Gasteiger partial charge in [-0.05, 0) is 34.6 Å². The molecule has 1 aliphatic rings. The third kappa shape index (κ3) is 3.40. The highest BCUT2D eigenvalue weighted by atomic mass is 35.5.